The lowest BCUT2D eigenvalue weighted by Gasteiger charge is -2.16. The van der Waals surface area contributed by atoms with Crippen LogP contribution in [0.15, 0.2) is 0 Å². The molecule has 0 bridgehead atoms. The van der Waals surface area contributed by atoms with Crippen molar-refractivity contribution in [1.29, 1.82) is 0 Å². The van der Waals surface area contributed by atoms with Crippen molar-refractivity contribution < 1.29 is 13.2 Å². The molecule has 0 N–H and O–H groups in total. The van der Waals surface area contributed by atoms with E-state index in [4.69, 9.17) is 15.4 Å². The van der Waals surface area contributed by atoms with Crippen LogP contribution in [0, 0.1) is 5.92 Å². The molecule has 0 saturated heterocycles. The van der Waals surface area contributed by atoms with E-state index in [-0.39, 0.29) is 17.8 Å². The number of hydrogen-bond acceptors (Lipinski definition) is 3. The van der Waals surface area contributed by atoms with E-state index in [0.717, 1.165) is 0 Å². The summed E-state index contributed by atoms with van der Waals surface area (Å²) in [5.41, 5.74) is 0. The Morgan fingerprint density at radius 1 is 1.45 bits per heavy atom. The van der Waals surface area contributed by atoms with Crippen LogP contribution >= 0.6 is 10.7 Å². The zero-order chi connectivity index (χ0) is 9.07. The quantitative estimate of drug-likeness (QED) is 0.642. The molecule has 0 fully saturated rings. The van der Waals surface area contributed by atoms with E-state index in [1.165, 1.54) is 7.11 Å². The minimum Gasteiger partial charge on any atom is -0.380 e. The summed E-state index contributed by atoms with van der Waals surface area (Å²) >= 11 is 0. The molecule has 3 nitrogen and oxygen atoms in total. The van der Waals surface area contributed by atoms with E-state index < -0.39 is 9.05 Å². The molecule has 0 unspecified atom stereocenters. The van der Waals surface area contributed by atoms with Gasteiger partial charge in [-0.3, -0.25) is 0 Å². The summed E-state index contributed by atoms with van der Waals surface area (Å²) < 4.78 is 26.1. The van der Waals surface area contributed by atoms with Crippen LogP contribution < -0.4 is 0 Å². The van der Waals surface area contributed by atoms with Gasteiger partial charge in [-0.25, -0.2) is 8.42 Å². The molecule has 0 aliphatic heterocycles. The fraction of sp³-hybridized carbons (Fsp3) is 1.00. The van der Waals surface area contributed by atoms with Gasteiger partial charge in [0.15, 0.2) is 0 Å². The summed E-state index contributed by atoms with van der Waals surface area (Å²) in [6.45, 7) is 3.77. The molecule has 5 heteroatoms. The lowest BCUT2D eigenvalue weighted by Crippen LogP contribution is -2.25. The number of ether oxygens (including phenoxy) is 1. The van der Waals surface area contributed by atoms with Gasteiger partial charge in [0.25, 0.3) is 0 Å². The summed E-state index contributed by atoms with van der Waals surface area (Å²) in [7, 11) is 3.09. The van der Waals surface area contributed by atoms with Crippen molar-refractivity contribution in [3.8, 4) is 0 Å². The van der Waals surface area contributed by atoms with Crippen LogP contribution in [0.4, 0.5) is 0 Å². The maximum Gasteiger partial charge on any atom is 0.235 e. The molecular formula is C6H13ClO3S. The van der Waals surface area contributed by atoms with Crippen LogP contribution in [0.2, 0.25) is 0 Å². The Hall–Kier alpha value is 0.200. The third-order valence-corrected chi connectivity index (χ3v) is 2.51. The molecule has 11 heavy (non-hydrogen) atoms. The monoisotopic (exact) mass is 200 g/mol. The second kappa shape index (κ2) is 4.28. The summed E-state index contributed by atoms with van der Waals surface area (Å²) in [4.78, 5) is 0. The Balaban J connectivity index is 4.10. The van der Waals surface area contributed by atoms with Gasteiger partial charge in [-0.1, -0.05) is 13.8 Å². The molecule has 0 amide bonds. The van der Waals surface area contributed by atoms with E-state index in [9.17, 15) is 8.42 Å². The van der Waals surface area contributed by atoms with Crippen LogP contribution in [0.1, 0.15) is 13.8 Å². The van der Waals surface area contributed by atoms with Crippen LogP contribution in [0.3, 0.4) is 0 Å². The van der Waals surface area contributed by atoms with Gasteiger partial charge in [0, 0.05) is 17.8 Å². The van der Waals surface area contributed by atoms with Crippen molar-refractivity contribution in [3.63, 3.8) is 0 Å². The van der Waals surface area contributed by atoms with Gasteiger partial charge in [-0.05, 0) is 5.92 Å². The minimum absolute atomic E-state index is 0.122. The molecule has 0 aliphatic carbocycles. The highest BCUT2D eigenvalue weighted by atomic mass is 35.7. The molecule has 0 rings (SSSR count). The van der Waals surface area contributed by atoms with E-state index in [2.05, 4.69) is 0 Å². The fourth-order valence-corrected chi connectivity index (χ4v) is 2.01. The first kappa shape index (κ1) is 11.2. The van der Waals surface area contributed by atoms with Gasteiger partial charge in [0.2, 0.25) is 9.05 Å². The van der Waals surface area contributed by atoms with Crippen molar-refractivity contribution in [2.24, 2.45) is 5.92 Å². The molecule has 0 saturated carbocycles. The van der Waals surface area contributed by atoms with Gasteiger partial charge in [0.05, 0.1) is 11.9 Å². The van der Waals surface area contributed by atoms with Crippen molar-refractivity contribution in [1.82, 2.24) is 0 Å². The molecule has 0 spiro atoms. The molecule has 0 aromatic rings. The normalized spacial score (nSPS) is 15.4. The zero-order valence-electron chi connectivity index (χ0n) is 6.87. The Labute approximate surface area is 72.1 Å². The van der Waals surface area contributed by atoms with Crippen LogP contribution in [0.25, 0.3) is 0 Å². The largest absolute Gasteiger partial charge is 0.380 e. The molecule has 0 heterocycles. The van der Waals surface area contributed by atoms with Gasteiger partial charge >= 0.3 is 0 Å². The maximum atomic E-state index is 10.6. The Bertz CT molecular complexity index is 198. The summed E-state index contributed by atoms with van der Waals surface area (Å²) in [6.07, 6.45) is -0.308. The molecule has 0 radical (unpaired) electrons. The van der Waals surface area contributed by atoms with Crippen molar-refractivity contribution >= 4 is 19.7 Å². The molecule has 1 atom stereocenters. The number of methoxy groups -OCH3 is 1. The Morgan fingerprint density at radius 2 is 1.91 bits per heavy atom. The Kier molecular flexibility index (Phi) is 4.36. The highest BCUT2D eigenvalue weighted by molar-refractivity contribution is 8.13. The first-order valence-corrected chi connectivity index (χ1v) is 5.79. The molecule has 0 aliphatic rings. The number of hydrogen-bond donors (Lipinski definition) is 0. The average Bonchev–Trinajstić information content (AvgIpc) is 1.80. The zero-order valence-corrected chi connectivity index (χ0v) is 8.45. The highest BCUT2D eigenvalue weighted by Crippen LogP contribution is 2.10. The molecule has 68 valence electrons. The topological polar surface area (TPSA) is 43.4 Å². The minimum atomic E-state index is -3.43. The summed E-state index contributed by atoms with van der Waals surface area (Å²) in [5, 5.41) is 0. The second-order valence-corrected chi connectivity index (χ2v) is 5.55. The Morgan fingerprint density at radius 3 is 2.00 bits per heavy atom. The molecular weight excluding hydrogens is 188 g/mol. The summed E-state index contributed by atoms with van der Waals surface area (Å²) in [6, 6.07) is 0. The van der Waals surface area contributed by atoms with Gasteiger partial charge in [-0.2, -0.15) is 0 Å². The van der Waals surface area contributed by atoms with Gasteiger partial charge < -0.3 is 4.74 Å². The lowest BCUT2D eigenvalue weighted by molar-refractivity contribution is 0.0831. The SMILES string of the molecule is CO[C@@H](CS(=O)(=O)Cl)C(C)C. The lowest BCUT2D eigenvalue weighted by atomic mass is 10.1. The number of rotatable bonds is 4. The molecule has 0 aromatic heterocycles. The van der Waals surface area contributed by atoms with Crippen LogP contribution in [-0.2, 0) is 13.8 Å². The first-order chi connectivity index (χ1) is 4.87. The van der Waals surface area contributed by atoms with E-state index in [1.807, 2.05) is 13.8 Å². The maximum absolute atomic E-state index is 10.6. The predicted octanol–water partition coefficient (Wildman–Crippen LogP) is 1.23. The van der Waals surface area contributed by atoms with Crippen LogP contribution in [-0.4, -0.2) is 27.4 Å². The van der Waals surface area contributed by atoms with Gasteiger partial charge in [-0.15, -0.1) is 0 Å². The smallest absolute Gasteiger partial charge is 0.235 e. The number of halogens is 1. The van der Waals surface area contributed by atoms with Crippen molar-refractivity contribution in [3.05, 3.63) is 0 Å². The van der Waals surface area contributed by atoms with E-state index in [0.29, 0.717) is 0 Å². The summed E-state index contributed by atoms with van der Waals surface area (Å²) in [5.74, 6) is 0.0384. The first-order valence-electron chi connectivity index (χ1n) is 3.32. The van der Waals surface area contributed by atoms with Gasteiger partial charge in [0.1, 0.15) is 0 Å². The van der Waals surface area contributed by atoms with Crippen LogP contribution in [0.5, 0.6) is 0 Å². The van der Waals surface area contributed by atoms with E-state index in [1.54, 1.807) is 0 Å². The average molecular weight is 201 g/mol. The van der Waals surface area contributed by atoms with E-state index >= 15 is 0 Å². The molecule has 0 aromatic carbocycles. The third-order valence-electron chi connectivity index (χ3n) is 1.41. The standard InChI is InChI=1S/C6H13ClO3S/c1-5(2)6(10-3)4-11(7,8)9/h5-6H,4H2,1-3H3/t6-/m0/s1. The predicted molar refractivity (Wildman–Crippen MR) is 45.3 cm³/mol. The fourth-order valence-electron chi connectivity index (χ4n) is 0.729. The van der Waals surface area contributed by atoms with Crippen molar-refractivity contribution in [2.75, 3.05) is 12.9 Å². The second-order valence-electron chi connectivity index (χ2n) is 2.72. The van der Waals surface area contributed by atoms with Crippen molar-refractivity contribution in [2.45, 2.75) is 20.0 Å². The third kappa shape index (κ3) is 5.47. The highest BCUT2D eigenvalue weighted by Gasteiger charge is 2.19.